The predicted octanol–water partition coefficient (Wildman–Crippen LogP) is 5.40. The number of hydrogen-bond donors (Lipinski definition) is 2. The third-order valence-electron chi connectivity index (χ3n) is 4.80. The lowest BCUT2D eigenvalue weighted by Gasteiger charge is -2.14. The van der Waals surface area contributed by atoms with Gasteiger partial charge in [0.1, 0.15) is 17.1 Å². The van der Waals surface area contributed by atoms with Crippen molar-refractivity contribution in [1.82, 2.24) is 14.5 Å². The Hall–Kier alpha value is -4.08. The van der Waals surface area contributed by atoms with E-state index >= 15 is 0 Å². The standard InChI is InChI=1S/C22H18F3N5O2/c1-13-27-20-16(4-3-5-18(20)30(13)15-8-10-26-11-9-15)28-21(31)29-17-12-14(22(23,24)25)6-7-19(17)32-2/h3-12H,1-2H3,(H2,28,29,31). The Kier molecular flexibility index (Phi) is 5.43. The van der Waals surface area contributed by atoms with Crippen LogP contribution >= 0.6 is 0 Å². The van der Waals surface area contributed by atoms with Gasteiger partial charge >= 0.3 is 12.2 Å². The van der Waals surface area contributed by atoms with Crippen molar-refractivity contribution in [2.45, 2.75) is 13.1 Å². The first-order chi connectivity index (χ1) is 15.3. The summed E-state index contributed by atoms with van der Waals surface area (Å²) in [6, 6.07) is 11.1. The van der Waals surface area contributed by atoms with Gasteiger partial charge in [0.15, 0.2) is 0 Å². The van der Waals surface area contributed by atoms with Gasteiger partial charge in [-0.3, -0.25) is 9.55 Å². The average molecular weight is 441 g/mol. The van der Waals surface area contributed by atoms with Crippen molar-refractivity contribution in [3.63, 3.8) is 0 Å². The van der Waals surface area contributed by atoms with Crippen molar-refractivity contribution in [2.24, 2.45) is 0 Å². The van der Waals surface area contributed by atoms with Crippen molar-refractivity contribution < 1.29 is 22.7 Å². The van der Waals surface area contributed by atoms with E-state index in [1.54, 1.807) is 24.5 Å². The summed E-state index contributed by atoms with van der Waals surface area (Å²) in [4.78, 5) is 21.2. The molecule has 0 saturated carbocycles. The zero-order valence-corrected chi connectivity index (χ0v) is 17.1. The highest BCUT2D eigenvalue weighted by molar-refractivity contribution is 6.05. The average Bonchev–Trinajstić information content (AvgIpc) is 3.10. The third-order valence-corrected chi connectivity index (χ3v) is 4.80. The van der Waals surface area contributed by atoms with Crippen molar-refractivity contribution >= 4 is 28.4 Å². The number of rotatable bonds is 4. The lowest BCUT2D eigenvalue weighted by atomic mass is 10.2. The number of imidazole rings is 1. The van der Waals surface area contributed by atoms with Gasteiger partial charge in [-0.1, -0.05) is 6.07 Å². The molecule has 2 heterocycles. The van der Waals surface area contributed by atoms with E-state index in [9.17, 15) is 18.0 Å². The fourth-order valence-corrected chi connectivity index (χ4v) is 3.39. The minimum atomic E-state index is -4.55. The Morgan fingerprint density at radius 1 is 1.03 bits per heavy atom. The molecule has 4 aromatic rings. The minimum absolute atomic E-state index is 0.101. The molecule has 0 bridgehead atoms. The summed E-state index contributed by atoms with van der Waals surface area (Å²) in [5, 5.41) is 5.08. The number of alkyl halides is 3. The fourth-order valence-electron chi connectivity index (χ4n) is 3.39. The molecular formula is C22H18F3N5O2. The predicted molar refractivity (Wildman–Crippen MR) is 114 cm³/mol. The van der Waals surface area contributed by atoms with Crippen molar-refractivity contribution in [3.8, 4) is 11.4 Å². The number of urea groups is 1. The maximum Gasteiger partial charge on any atom is 0.416 e. The number of aryl methyl sites for hydroxylation is 1. The van der Waals surface area contributed by atoms with Gasteiger partial charge in [-0.2, -0.15) is 13.2 Å². The molecule has 2 amide bonds. The van der Waals surface area contributed by atoms with Crippen LogP contribution in [0.15, 0.2) is 60.9 Å². The van der Waals surface area contributed by atoms with Crippen molar-refractivity contribution in [1.29, 1.82) is 0 Å². The summed E-state index contributed by atoms with van der Waals surface area (Å²) in [7, 11) is 1.31. The van der Waals surface area contributed by atoms with E-state index in [4.69, 9.17) is 4.74 Å². The minimum Gasteiger partial charge on any atom is -0.495 e. The summed E-state index contributed by atoms with van der Waals surface area (Å²) in [6.45, 7) is 1.83. The highest BCUT2D eigenvalue weighted by Crippen LogP contribution is 2.35. The van der Waals surface area contributed by atoms with E-state index < -0.39 is 17.8 Å². The molecule has 0 aliphatic rings. The number of halogens is 3. The quantitative estimate of drug-likeness (QED) is 0.444. The number of aromatic nitrogens is 3. The van der Waals surface area contributed by atoms with E-state index in [0.717, 1.165) is 29.4 Å². The second-order valence-corrected chi connectivity index (χ2v) is 6.87. The first kappa shape index (κ1) is 21.2. The van der Waals surface area contributed by atoms with Crippen LogP contribution in [0.2, 0.25) is 0 Å². The summed E-state index contributed by atoms with van der Waals surface area (Å²) < 4.78 is 46.2. The van der Waals surface area contributed by atoms with Crippen LogP contribution in [0.4, 0.5) is 29.3 Å². The van der Waals surface area contributed by atoms with Crippen molar-refractivity contribution in [3.05, 3.63) is 72.3 Å². The van der Waals surface area contributed by atoms with Gasteiger partial charge in [0.25, 0.3) is 0 Å². The van der Waals surface area contributed by atoms with Crippen molar-refractivity contribution in [2.75, 3.05) is 17.7 Å². The van der Waals surface area contributed by atoms with E-state index in [1.165, 1.54) is 7.11 Å². The number of carbonyl (C=O) groups excluding carboxylic acids is 1. The summed E-state index contributed by atoms with van der Waals surface area (Å²) in [6.07, 6.45) is -1.22. The Balaban J connectivity index is 1.64. The van der Waals surface area contributed by atoms with Crippen LogP contribution < -0.4 is 15.4 Å². The maximum absolute atomic E-state index is 13.1. The normalized spacial score (nSPS) is 11.4. The number of nitrogens with zero attached hydrogens (tertiary/aromatic N) is 3. The molecule has 0 radical (unpaired) electrons. The summed E-state index contributed by atoms with van der Waals surface area (Å²) in [5.41, 5.74) is 1.54. The molecule has 0 spiro atoms. The number of fused-ring (bicyclic) bond motifs is 1. The Morgan fingerprint density at radius 3 is 2.44 bits per heavy atom. The van der Waals surface area contributed by atoms with Crippen LogP contribution in [0.25, 0.3) is 16.7 Å². The van der Waals surface area contributed by atoms with Gasteiger partial charge in [0.2, 0.25) is 0 Å². The molecule has 164 valence electrons. The molecule has 2 N–H and O–H groups in total. The number of carbonyl (C=O) groups is 1. The second-order valence-electron chi connectivity index (χ2n) is 6.87. The largest absolute Gasteiger partial charge is 0.495 e. The Bertz CT molecular complexity index is 1290. The van der Waals surface area contributed by atoms with E-state index in [-0.39, 0.29) is 11.4 Å². The molecule has 32 heavy (non-hydrogen) atoms. The van der Waals surface area contributed by atoms with Gasteiger partial charge in [0.05, 0.1) is 35.3 Å². The van der Waals surface area contributed by atoms with E-state index in [0.29, 0.717) is 17.0 Å². The third kappa shape index (κ3) is 4.07. The molecule has 0 saturated heterocycles. The van der Waals surface area contributed by atoms with Gasteiger partial charge < -0.3 is 15.4 Å². The number of para-hydroxylation sites is 1. The number of nitrogens with one attached hydrogen (secondary N) is 2. The van der Waals surface area contributed by atoms with Crippen LogP contribution in [0.1, 0.15) is 11.4 Å². The van der Waals surface area contributed by atoms with Crippen LogP contribution in [0.3, 0.4) is 0 Å². The van der Waals surface area contributed by atoms with Crippen LogP contribution in [-0.4, -0.2) is 27.7 Å². The number of methoxy groups -OCH3 is 1. The molecule has 0 aliphatic heterocycles. The molecule has 0 unspecified atom stereocenters. The lowest BCUT2D eigenvalue weighted by Crippen LogP contribution is -2.20. The molecule has 2 aromatic heterocycles. The molecule has 10 heteroatoms. The zero-order chi connectivity index (χ0) is 22.9. The molecule has 7 nitrogen and oxygen atoms in total. The highest BCUT2D eigenvalue weighted by Gasteiger charge is 2.31. The SMILES string of the molecule is COc1ccc(C(F)(F)F)cc1NC(=O)Nc1cccc2c1nc(C)n2-c1ccncc1. The van der Waals surface area contributed by atoms with Crippen LogP contribution in [0, 0.1) is 6.92 Å². The van der Waals surface area contributed by atoms with Gasteiger partial charge in [-0.25, -0.2) is 9.78 Å². The van der Waals surface area contributed by atoms with Crippen LogP contribution in [-0.2, 0) is 6.18 Å². The molecule has 0 aliphatic carbocycles. The van der Waals surface area contributed by atoms with Crippen LogP contribution in [0.5, 0.6) is 5.75 Å². The molecule has 4 rings (SSSR count). The maximum atomic E-state index is 13.1. The van der Waals surface area contributed by atoms with Gasteiger partial charge in [-0.15, -0.1) is 0 Å². The summed E-state index contributed by atoms with van der Waals surface area (Å²) in [5.74, 6) is 0.796. The number of amides is 2. The number of hydrogen-bond acceptors (Lipinski definition) is 4. The smallest absolute Gasteiger partial charge is 0.416 e. The molecule has 0 atom stereocenters. The van der Waals surface area contributed by atoms with Gasteiger partial charge in [-0.05, 0) is 49.4 Å². The topological polar surface area (TPSA) is 81.1 Å². The highest BCUT2D eigenvalue weighted by atomic mass is 19.4. The molecule has 0 fully saturated rings. The Labute approximate surface area is 180 Å². The second kappa shape index (κ2) is 8.22. The fraction of sp³-hybridized carbons (Fsp3) is 0.136. The van der Waals surface area contributed by atoms with E-state index in [1.807, 2.05) is 29.7 Å². The van der Waals surface area contributed by atoms with Gasteiger partial charge in [0, 0.05) is 12.4 Å². The number of benzene rings is 2. The monoisotopic (exact) mass is 441 g/mol. The number of ether oxygens (including phenoxy) is 1. The Morgan fingerprint density at radius 2 is 1.75 bits per heavy atom. The zero-order valence-electron chi connectivity index (χ0n) is 17.1. The molecule has 2 aromatic carbocycles. The summed E-state index contributed by atoms with van der Waals surface area (Å²) >= 11 is 0. The first-order valence-electron chi connectivity index (χ1n) is 9.49. The lowest BCUT2D eigenvalue weighted by molar-refractivity contribution is -0.137. The molecular weight excluding hydrogens is 423 g/mol. The first-order valence-corrected chi connectivity index (χ1v) is 9.49. The number of pyridine rings is 1. The van der Waals surface area contributed by atoms with E-state index in [2.05, 4.69) is 20.6 Å². The number of anilines is 2.